The van der Waals surface area contributed by atoms with E-state index in [0.717, 1.165) is 29.5 Å². The molecule has 8 heteroatoms. The van der Waals surface area contributed by atoms with E-state index < -0.39 is 28.5 Å². The van der Waals surface area contributed by atoms with E-state index in [-0.39, 0.29) is 5.41 Å². The first-order valence-corrected chi connectivity index (χ1v) is 11.1. The van der Waals surface area contributed by atoms with Gasteiger partial charge in [0.15, 0.2) is 11.0 Å². The van der Waals surface area contributed by atoms with Gasteiger partial charge in [-0.05, 0) is 30.0 Å². The number of carbonyl (C=O) groups is 1. The summed E-state index contributed by atoms with van der Waals surface area (Å²) < 4.78 is 29.6. The molecular formula is C24H26F2N4OS. The van der Waals surface area contributed by atoms with Crippen molar-refractivity contribution in [3.05, 3.63) is 72.3 Å². The summed E-state index contributed by atoms with van der Waals surface area (Å²) in [4.78, 5) is 12.6. The molecular weight excluding hydrogens is 430 g/mol. The van der Waals surface area contributed by atoms with Gasteiger partial charge in [0.05, 0.1) is 5.25 Å². The Bertz CT molecular complexity index is 1100. The molecule has 0 saturated heterocycles. The predicted molar refractivity (Wildman–Crippen MR) is 125 cm³/mol. The molecule has 0 radical (unpaired) electrons. The van der Waals surface area contributed by atoms with Crippen molar-refractivity contribution < 1.29 is 13.6 Å². The highest BCUT2D eigenvalue weighted by Crippen LogP contribution is 2.30. The summed E-state index contributed by atoms with van der Waals surface area (Å²) in [5.74, 6) is -1.54. The Morgan fingerprint density at radius 1 is 1.16 bits per heavy atom. The fourth-order valence-electron chi connectivity index (χ4n) is 3.06. The standard InChI is InChI=1S/C24H26F2N4OS/c1-6-14-30-21(16-10-12-17(13-11-16)24(3,4)5)28-29-23(30)32-15(2)22(31)27-20-18(25)8-7-9-19(20)26/h6-13,15H,1,14H2,2-5H3,(H,27,31). The van der Waals surface area contributed by atoms with Crippen LogP contribution in [0.1, 0.15) is 33.3 Å². The number of aromatic nitrogens is 3. The second-order valence-corrected chi connectivity index (χ2v) is 9.69. The van der Waals surface area contributed by atoms with Gasteiger partial charge in [-0.15, -0.1) is 16.8 Å². The third kappa shape index (κ3) is 5.24. The Balaban J connectivity index is 1.82. The van der Waals surface area contributed by atoms with Gasteiger partial charge < -0.3 is 5.32 Å². The van der Waals surface area contributed by atoms with Crippen molar-refractivity contribution in [3.63, 3.8) is 0 Å². The van der Waals surface area contributed by atoms with E-state index >= 15 is 0 Å². The molecule has 3 rings (SSSR count). The van der Waals surface area contributed by atoms with E-state index in [1.165, 1.54) is 11.6 Å². The lowest BCUT2D eigenvalue weighted by atomic mass is 9.87. The van der Waals surface area contributed by atoms with Crippen molar-refractivity contribution in [2.45, 2.75) is 50.1 Å². The Labute approximate surface area is 190 Å². The van der Waals surface area contributed by atoms with E-state index in [0.29, 0.717) is 17.5 Å². The molecule has 1 aromatic heterocycles. The van der Waals surface area contributed by atoms with E-state index in [1.807, 2.05) is 16.7 Å². The third-order valence-electron chi connectivity index (χ3n) is 4.90. The molecule has 32 heavy (non-hydrogen) atoms. The van der Waals surface area contributed by atoms with Crippen LogP contribution >= 0.6 is 11.8 Å². The topological polar surface area (TPSA) is 59.8 Å². The van der Waals surface area contributed by atoms with Gasteiger partial charge in [0, 0.05) is 12.1 Å². The molecule has 1 heterocycles. The average Bonchev–Trinajstić information content (AvgIpc) is 3.12. The lowest BCUT2D eigenvalue weighted by Crippen LogP contribution is -2.24. The molecule has 2 aromatic carbocycles. The van der Waals surface area contributed by atoms with Crippen molar-refractivity contribution in [2.24, 2.45) is 0 Å². The molecule has 1 atom stereocenters. The Hall–Kier alpha value is -3.00. The number of rotatable bonds is 7. The number of nitrogens with one attached hydrogen (secondary N) is 1. The van der Waals surface area contributed by atoms with Crippen LogP contribution in [0.4, 0.5) is 14.5 Å². The molecule has 0 spiro atoms. The monoisotopic (exact) mass is 456 g/mol. The summed E-state index contributed by atoms with van der Waals surface area (Å²) in [6.45, 7) is 12.3. The maximum atomic E-state index is 13.9. The fraction of sp³-hybridized carbons (Fsp3) is 0.292. The smallest absolute Gasteiger partial charge is 0.237 e. The molecule has 0 fully saturated rings. The minimum Gasteiger partial charge on any atom is -0.320 e. The van der Waals surface area contributed by atoms with E-state index in [1.54, 1.807) is 13.0 Å². The van der Waals surface area contributed by atoms with E-state index in [9.17, 15) is 13.6 Å². The van der Waals surface area contributed by atoms with Crippen LogP contribution in [0.2, 0.25) is 0 Å². The maximum absolute atomic E-state index is 13.9. The van der Waals surface area contributed by atoms with Crippen LogP contribution in [0.25, 0.3) is 11.4 Å². The molecule has 5 nitrogen and oxygen atoms in total. The summed E-state index contributed by atoms with van der Waals surface area (Å²) in [5.41, 5.74) is 1.67. The number of anilines is 1. The average molecular weight is 457 g/mol. The van der Waals surface area contributed by atoms with Crippen molar-refractivity contribution in [3.8, 4) is 11.4 Å². The highest BCUT2D eigenvalue weighted by atomic mass is 32.2. The zero-order chi connectivity index (χ0) is 23.5. The van der Waals surface area contributed by atoms with Gasteiger partial charge in [0.2, 0.25) is 5.91 Å². The molecule has 0 bridgehead atoms. The largest absolute Gasteiger partial charge is 0.320 e. The molecule has 0 aliphatic heterocycles. The number of nitrogens with zero attached hydrogens (tertiary/aromatic N) is 3. The number of benzene rings is 2. The number of thioether (sulfide) groups is 1. The van der Waals surface area contributed by atoms with Gasteiger partial charge in [-0.2, -0.15) is 0 Å². The van der Waals surface area contributed by atoms with Crippen LogP contribution < -0.4 is 5.32 Å². The maximum Gasteiger partial charge on any atom is 0.237 e. The van der Waals surface area contributed by atoms with Gasteiger partial charge in [-0.3, -0.25) is 9.36 Å². The Morgan fingerprint density at radius 3 is 2.34 bits per heavy atom. The van der Waals surface area contributed by atoms with Crippen molar-refractivity contribution in [2.75, 3.05) is 5.32 Å². The lowest BCUT2D eigenvalue weighted by molar-refractivity contribution is -0.115. The van der Waals surface area contributed by atoms with Gasteiger partial charge in [-0.1, -0.05) is 68.9 Å². The molecule has 1 N–H and O–H groups in total. The number of amides is 1. The molecule has 0 saturated carbocycles. The molecule has 1 amide bonds. The van der Waals surface area contributed by atoms with E-state index in [4.69, 9.17) is 0 Å². The summed E-state index contributed by atoms with van der Waals surface area (Å²) in [7, 11) is 0. The second kappa shape index (κ2) is 9.65. The number of hydrogen-bond acceptors (Lipinski definition) is 4. The number of hydrogen-bond donors (Lipinski definition) is 1. The SMILES string of the molecule is C=CCn1c(SC(C)C(=O)Nc2c(F)cccc2F)nnc1-c1ccc(C(C)(C)C)cc1. The zero-order valence-corrected chi connectivity index (χ0v) is 19.3. The van der Waals surface area contributed by atoms with Crippen LogP contribution in [0.3, 0.4) is 0 Å². The van der Waals surface area contributed by atoms with Gasteiger partial charge in [0.1, 0.15) is 17.3 Å². The predicted octanol–water partition coefficient (Wildman–Crippen LogP) is 5.83. The van der Waals surface area contributed by atoms with Crippen LogP contribution in [0.5, 0.6) is 0 Å². The number of carbonyl (C=O) groups excluding carboxylic acids is 1. The van der Waals surface area contributed by atoms with Crippen LogP contribution in [-0.4, -0.2) is 25.9 Å². The van der Waals surface area contributed by atoms with Crippen molar-refractivity contribution in [1.29, 1.82) is 0 Å². The highest BCUT2D eigenvalue weighted by Gasteiger charge is 2.23. The number of para-hydroxylation sites is 1. The van der Waals surface area contributed by atoms with Crippen LogP contribution in [0.15, 0.2) is 60.3 Å². The lowest BCUT2D eigenvalue weighted by Gasteiger charge is -2.19. The Morgan fingerprint density at radius 2 is 1.78 bits per heavy atom. The quantitative estimate of drug-likeness (QED) is 0.359. The summed E-state index contributed by atoms with van der Waals surface area (Å²) in [6, 6.07) is 11.5. The van der Waals surface area contributed by atoms with Gasteiger partial charge in [0.25, 0.3) is 0 Å². The fourth-order valence-corrected chi connectivity index (χ4v) is 3.91. The molecule has 1 unspecified atom stereocenters. The molecule has 0 aliphatic carbocycles. The summed E-state index contributed by atoms with van der Waals surface area (Å²) >= 11 is 1.16. The molecule has 168 valence electrons. The summed E-state index contributed by atoms with van der Waals surface area (Å²) in [5, 5.41) is 10.7. The first-order chi connectivity index (χ1) is 15.1. The Kier molecular flexibility index (Phi) is 7.13. The van der Waals surface area contributed by atoms with Gasteiger partial charge >= 0.3 is 0 Å². The van der Waals surface area contributed by atoms with Crippen LogP contribution in [0, 0.1) is 11.6 Å². The van der Waals surface area contributed by atoms with Crippen LogP contribution in [-0.2, 0) is 16.8 Å². The number of halogens is 2. The van der Waals surface area contributed by atoms with Crippen molar-refractivity contribution in [1.82, 2.24) is 14.8 Å². The first-order valence-electron chi connectivity index (χ1n) is 10.2. The zero-order valence-electron chi connectivity index (χ0n) is 18.5. The normalized spacial score (nSPS) is 12.4. The van der Waals surface area contributed by atoms with Gasteiger partial charge in [-0.25, -0.2) is 8.78 Å². The minimum absolute atomic E-state index is 0.0365. The summed E-state index contributed by atoms with van der Waals surface area (Å²) in [6.07, 6.45) is 1.72. The molecule has 3 aromatic rings. The van der Waals surface area contributed by atoms with Crippen molar-refractivity contribution >= 4 is 23.4 Å². The number of allylic oxidation sites excluding steroid dienone is 1. The first kappa shape index (κ1) is 23.7. The van der Waals surface area contributed by atoms with E-state index in [2.05, 4.69) is 55.0 Å². The second-order valence-electron chi connectivity index (χ2n) is 8.38. The third-order valence-corrected chi connectivity index (χ3v) is 5.98. The minimum atomic E-state index is -0.827. The highest BCUT2D eigenvalue weighted by molar-refractivity contribution is 8.00. The molecule has 0 aliphatic rings.